The summed E-state index contributed by atoms with van der Waals surface area (Å²) < 4.78 is 0. The lowest BCUT2D eigenvalue weighted by atomic mass is 9.81. The van der Waals surface area contributed by atoms with E-state index in [1.807, 2.05) is 0 Å². The Labute approximate surface area is 114 Å². The number of Topliss-reactive ketones (excluding diaryl/α,β-unsaturated/α-hetero) is 2. The molecule has 0 saturated heterocycles. The molecule has 0 radical (unpaired) electrons. The minimum Gasteiger partial charge on any atom is -0.508 e. The van der Waals surface area contributed by atoms with Crippen LogP contribution in [0.2, 0.25) is 0 Å². The molecular formula is C14H12N2O4. The van der Waals surface area contributed by atoms with Crippen molar-refractivity contribution in [3.8, 4) is 5.75 Å². The van der Waals surface area contributed by atoms with Gasteiger partial charge in [-0.15, -0.1) is 0 Å². The normalized spacial score (nSPS) is 14.2. The zero-order valence-corrected chi connectivity index (χ0v) is 10.4. The molecule has 1 aliphatic carbocycles. The lowest BCUT2D eigenvalue weighted by Gasteiger charge is -2.22. The van der Waals surface area contributed by atoms with Crippen LogP contribution in [-0.2, 0) is 0 Å². The number of aliphatic hydroxyl groups is 1. The molecule has 0 unspecified atom stereocenters. The molecule has 0 amide bonds. The summed E-state index contributed by atoms with van der Waals surface area (Å²) in [5.74, 6) is -2.48. The lowest BCUT2D eigenvalue weighted by Crippen LogP contribution is -2.27. The van der Waals surface area contributed by atoms with E-state index in [0.717, 1.165) is 0 Å². The van der Waals surface area contributed by atoms with Crippen molar-refractivity contribution in [3.63, 3.8) is 0 Å². The van der Waals surface area contributed by atoms with E-state index < -0.39 is 23.1 Å². The number of carbonyl (C=O) groups excluding carboxylic acids is 2. The second kappa shape index (κ2) is 4.27. The van der Waals surface area contributed by atoms with Gasteiger partial charge in [0.25, 0.3) is 0 Å². The van der Waals surface area contributed by atoms with Crippen molar-refractivity contribution in [3.05, 3.63) is 59.0 Å². The molecule has 6 nitrogen and oxygen atoms in total. The predicted molar refractivity (Wildman–Crippen MR) is 73.3 cm³/mol. The first-order chi connectivity index (χ1) is 9.27. The fraction of sp³-hybridized carbons (Fsp3) is 0. The average molecular weight is 272 g/mol. The van der Waals surface area contributed by atoms with Crippen molar-refractivity contribution in [2.75, 3.05) is 5.73 Å². The molecule has 0 saturated carbocycles. The third-order valence-electron chi connectivity index (χ3n) is 2.98. The van der Waals surface area contributed by atoms with Crippen molar-refractivity contribution in [1.29, 1.82) is 0 Å². The van der Waals surface area contributed by atoms with Gasteiger partial charge < -0.3 is 21.7 Å². The molecule has 102 valence electrons. The number of anilines is 1. The van der Waals surface area contributed by atoms with Gasteiger partial charge >= 0.3 is 0 Å². The number of rotatable bonds is 2. The largest absolute Gasteiger partial charge is 0.508 e. The summed E-state index contributed by atoms with van der Waals surface area (Å²) in [7, 11) is 0. The van der Waals surface area contributed by atoms with Crippen LogP contribution in [0.15, 0.2) is 47.9 Å². The number of hydrogen-bond donors (Lipinski definition) is 4. The minimum absolute atomic E-state index is 0.0107. The molecule has 1 aromatic rings. The zero-order chi connectivity index (χ0) is 15.2. The number of carbonyl (C=O) groups is 2. The summed E-state index contributed by atoms with van der Waals surface area (Å²) >= 11 is 0. The van der Waals surface area contributed by atoms with Crippen LogP contribution >= 0.6 is 0 Å². The number of hydrogen-bond acceptors (Lipinski definition) is 6. The molecule has 0 aliphatic heterocycles. The van der Waals surface area contributed by atoms with Gasteiger partial charge in [0.1, 0.15) is 11.5 Å². The molecule has 1 aliphatic rings. The molecule has 1 aromatic carbocycles. The van der Waals surface area contributed by atoms with Crippen molar-refractivity contribution in [2.24, 2.45) is 5.73 Å². The first-order valence-corrected chi connectivity index (χ1v) is 5.55. The van der Waals surface area contributed by atoms with Gasteiger partial charge in [-0.3, -0.25) is 9.59 Å². The average Bonchev–Trinajstić information content (AvgIpc) is 2.35. The number of aromatic hydroxyl groups is 1. The van der Waals surface area contributed by atoms with Crippen LogP contribution in [0.1, 0.15) is 20.7 Å². The van der Waals surface area contributed by atoms with Crippen molar-refractivity contribution in [2.45, 2.75) is 0 Å². The number of ketones is 2. The van der Waals surface area contributed by atoms with E-state index in [0.29, 0.717) is 0 Å². The second-order valence-electron chi connectivity index (χ2n) is 4.30. The van der Waals surface area contributed by atoms with Crippen molar-refractivity contribution in [1.82, 2.24) is 0 Å². The van der Waals surface area contributed by atoms with E-state index in [-0.39, 0.29) is 33.7 Å². The highest BCUT2D eigenvalue weighted by molar-refractivity contribution is 6.32. The Morgan fingerprint density at radius 1 is 1.05 bits per heavy atom. The SMILES string of the molecule is C=C(N)C1=C(C(=C)O)C(=O)c2c(N)ccc(O)c2C1=O. The summed E-state index contributed by atoms with van der Waals surface area (Å²) in [5, 5.41) is 19.3. The van der Waals surface area contributed by atoms with Crippen LogP contribution in [0.3, 0.4) is 0 Å². The van der Waals surface area contributed by atoms with Crippen molar-refractivity contribution < 1.29 is 19.8 Å². The highest BCUT2D eigenvalue weighted by Gasteiger charge is 2.37. The summed E-state index contributed by atoms with van der Waals surface area (Å²) in [4.78, 5) is 24.7. The molecule has 0 bridgehead atoms. The number of phenolic OH excluding ortho intramolecular Hbond substituents is 1. The van der Waals surface area contributed by atoms with Crippen LogP contribution in [0.25, 0.3) is 0 Å². The van der Waals surface area contributed by atoms with E-state index in [1.54, 1.807) is 0 Å². The molecule has 20 heavy (non-hydrogen) atoms. The second-order valence-corrected chi connectivity index (χ2v) is 4.30. The highest BCUT2D eigenvalue weighted by Crippen LogP contribution is 2.38. The maximum Gasteiger partial charge on any atom is 0.200 e. The molecule has 2 rings (SSSR count). The van der Waals surface area contributed by atoms with Crippen LogP contribution in [0.4, 0.5) is 5.69 Å². The minimum atomic E-state index is -0.734. The summed E-state index contributed by atoms with van der Waals surface area (Å²) in [6.07, 6.45) is 0. The first-order valence-electron chi connectivity index (χ1n) is 5.55. The van der Waals surface area contributed by atoms with Gasteiger partial charge in [0, 0.05) is 11.4 Å². The number of benzene rings is 1. The van der Waals surface area contributed by atoms with Crippen LogP contribution in [0, 0.1) is 0 Å². The molecule has 6 heteroatoms. The quantitative estimate of drug-likeness (QED) is 0.364. The van der Waals surface area contributed by atoms with Gasteiger partial charge in [0.05, 0.1) is 22.3 Å². The van der Waals surface area contributed by atoms with E-state index >= 15 is 0 Å². The fourth-order valence-corrected chi connectivity index (χ4v) is 2.14. The van der Waals surface area contributed by atoms with E-state index in [2.05, 4.69) is 13.2 Å². The predicted octanol–water partition coefficient (Wildman–Crippen LogP) is 1.19. The maximum absolute atomic E-state index is 12.4. The van der Waals surface area contributed by atoms with Crippen LogP contribution in [0.5, 0.6) is 5.75 Å². The lowest BCUT2D eigenvalue weighted by molar-refractivity contribution is 0.0971. The van der Waals surface area contributed by atoms with Gasteiger partial charge in [-0.2, -0.15) is 0 Å². The van der Waals surface area contributed by atoms with Crippen LogP contribution in [-0.4, -0.2) is 21.8 Å². The number of aliphatic hydroxyl groups excluding tert-OH is 1. The fourth-order valence-electron chi connectivity index (χ4n) is 2.14. The number of phenols is 1. The topological polar surface area (TPSA) is 127 Å². The summed E-state index contributed by atoms with van der Waals surface area (Å²) in [5.41, 5.74) is 9.92. The van der Waals surface area contributed by atoms with E-state index in [4.69, 9.17) is 11.5 Å². The standard InChI is InChI=1S/C14H12N2O4/c1-5(15)9-10(6(2)17)14(20)11-7(16)3-4-8(18)12(11)13(9)19/h3-4,17-18H,1-2,15-16H2. The number of allylic oxidation sites excluding steroid dienone is 2. The van der Waals surface area contributed by atoms with E-state index in [9.17, 15) is 19.8 Å². The molecule has 0 aromatic heterocycles. The Bertz CT molecular complexity index is 668. The Balaban J connectivity index is 2.91. The Kier molecular flexibility index (Phi) is 2.86. The van der Waals surface area contributed by atoms with Gasteiger partial charge in [-0.1, -0.05) is 13.2 Å². The number of nitrogen functional groups attached to an aromatic ring is 1. The molecule has 6 N–H and O–H groups in total. The highest BCUT2D eigenvalue weighted by atomic mass is 16.3. The molecule has 0 heterocycles. The maximum atomic E-state index is 12.4. The van der Waals surface area contributed by atoms with Gasteiger partial charge in [0.2, 0.25) is 11.6 Å². The Morgan fingerprint density at radius 3 is 2.10 bits per heavy atom. The molecular weight excluding hydrogens is 260 g/mol. The zero-order valence-electron chi connectivity index (χ0n) is 10.4. The summed E-state index contributed by atoms with van der Waals surface area (Å²) in [6.45, 7) is 6.65. The van der Waals surface area contributed by atoms with Gasteiger partial charge in [-0.25, -0.2) is 0 Å². The Morgan fingerprint density at radius 2 is 1.60 bits per heavy atom. The van der Waals surface area contributed by atoms with E-state index in [1.165, 1.54) is 12.1 Å². The molecule has 0 atom stereocenters. The number of fused-ring (bicyclic) bond motifs is 1. The Hall–Kier alpha value is -3.02. The molecule has 0 spiro atoms. The van der Waals surface area contributed by atoms with Crippen molar-refractivity contribution >= 4 is 17.3 Å². The monoisotopic (exact) mass is 272 g/mol. The smallest absolute Gasteiger partial charge is 0.200 e. The van der Waals surface area contributed by atoms with Crippen LogP contribution < -0.4 is 11.5 Å². The summed E-state index contributed by atoms with van der Waals surface area (Å²) in [6, 6.07) is 2.49. The number of nitrogens with two attached hydrogens (primary N) is 2. The third kappa shape index (κ3) is 1.66. The van der Waals surface area contributed by atoms with Gasteiger partial charge in [0.15, 0.2) is 0 Å². The van der Waals surface area contributed by atoms with Gasteiger partial charge in [-0.05, 0) is 12.1 Å². The molecule has 0 fully saturated rings. The third-order valence-corrected chi connectivity index (χ3v) is 2.98. The first kappa shape index (κ1) is 13.4.